The molecule has 2 heterocycles. The predicted molar refractivity (Wildman–Crippen MR) is 69.0 cm³/mol. The average Bonchev–Trinajstić information content (AvgIpc) is 2.78. The summed E-state index contributed by atoms with van der Waals surface area (Å²) in [5.74, 6) is -0.0112. The average molecular weight is 268 g/mol. The summed E-state index contributed by atoms with van der Waals surface area (Å²) in [5.41, 5.74) is 2.27. The number of benzene rings is 1. The number of aromatic nitrogens is 1. The SMILES string of the molecule is O=c1[nH]c2ccc(C(Cl)C3CCOCC3)cc2o1. The van der Waals surface area contributed by atoms with Gasteiger partial charge in [0.25, 0.3) is 0 Å². The number of fused-ring (bicyclic) bond motifs is 1. The van der Waals surface area contributed by atoms with Gasteiger partial charge in [0.15, 0.2) is 5.58 Å². The molecule has 1 N–H and O–H groups in total. The quantitative estimate of drug-likeness (QED) is 0.852. The Morgan fingerprint density at radius 3 is 2.89 bits per heavy atom. The number of oxazole rings is 1. The van der Waals surface area contributed by atoms with E-state index in [-0.39, 0.29) is 5.38 Å². The number of alkyl halides is 1. The maximum absolute atomic E-state index is 11.1. The van der Waals surface area contributed by atoms with E-state index in [1.807, 2.05) is 18.2 Å². The van der Waals surface area contributed by atoms with E-state index in [0.717, 1.165) is 31.6 Å². The van der Waals surface area contributed by atoms with Crippen LogP contribution in [0.25, 0.3) is 11.1 Å². The molecule has 0 bridgehead atoms. The zero-order valence-electron chi connectivity index (χ0n) is 9.82. The van der Waals surface area contributed by atoms with Gasteiger partial charge in [0, 0.05) is 13.2 Å². The fourth-order valence-corrected chi connectivity index (χ4v) is 2.80. The Balaban J connectivity index is 1.90. The Morgan fingerprint density at radius 1 is 1.33 bits per heavy atom. The standard InChI is InChI=1S/C13H14ClNO3/c14-12(8-3-5-17-6-4-8)9-1-2-10-11(7-9)18-13(16)15-10/h1-2,7-8,12H,3-6H2,(H,15,16). The van der Waals surface area contributed by atoms with Crippen LogP contribution >= 0.6 is 11.6 Å². The van der Waals surface area contributed by atoms with Crippen LogP contribution in [0.4, 0.5) is 0 Å². The van der Waals surface area contributed by atoms with Crippen molar-refractivity contribution < 1.29 is 9.15 Å². The monoisotopic (exact) mass is 267 g/mol. The molecule has 5 heteroatoms. The van der Waals surface area contributed by atoms with Crippen molar-refractivity contribution in [2.45, 2.75) is 18.2 Å². The number of hydrogen-bond donors (Lipinski definition) is 1. The molecule has 1 fully saturated rings. The molecule has 2 aromatic rings. The Morgan fingerprint density at radius 2 is 2.11 bits per heavy atom. The molecular formula is C13H14ClNO3. The van der Waals surface area contributed by atoms with Gasteiger partial charge >= 0.3 is 5.76 Å². The maximum atomic E-state index is 11.1. The minimum atomic E-state index is -0.431. The molecule has 96 valence electrons. The molecule has 0 spiro atoms. The third-order valence-electron chi connectivity index (χ3n) is 3.44. The fourth-order valence-electron chi connectivity index (χ4n) is 2.41. The van der Waals surface area contributed by atoms with Crippen molar-refractivity contribution in [2.24, 2.45) is 5.92 Å². The summed E-state index contributed by atoms with van der Waals surface area (Å²) >= 11 is 6.51. The lowest BCUT2D eigenvalue weighted by molar-refractivity contribution is 0.0651. The minimum absolute atomic E-state index is 0.0569. The van der Waals surface area contributed by atoms with Gasteiger partial charge in [-0.2, -0.15) is 0 Å². The number of ether oxygens (including phenoxy) is 1. The third-order valence-corrected chi connectivity index (χ3v) is 4.05. The first kappa shape index (κ1) is 11.8. The molecule has 0 radical (unpaired) electrons. The van der Waals surface area contributed by atoms with E-state index in [1.54, 1.807) is 0 Å². The van der Waals surface area contributed by atoms with Crippen molar-refractivity contribution in [3.05, 3.63) is 34.3 Å². The van der Waals surface area contributed by atoms with Gasteiger partial charge in [-0.25, -0.2) is 4.79 Å². The van der Waals surface area contributed by atoms with Crippen molar-refractivity contribution in [3.8, 4) is 0 Å². The molecule has 18 heavy (non-hydrogen) atoms. The highest BCUT2D eigenvalue weighted by Gasteiger charge is 2.24. The van der Waals surface area contributed by atoms with Gasteiger partial charge in [0.05, 0.1) is 10.9 Å². The largest absolute Gasteiger partial charge is 0.417 e. The van der Waals surface area contributed by atoms with Crippen LogP contribution in [0.1, 0.15) is 23.8 Å². The number of halogens is 1. The van der Waals surface area contributed by atoms with Crippen LogP contribution in [0.15, 0.2) is 27.4 Å². The number of nitrogens with one attached hydrogen (secondary N) is 1. The van der Waals surface area contributed by atoms with Crippen molar-refractivity contribution in [3.63, 3.8) is 0 Å². The van der Waals surface area contributed by atoms with Crippen LogP contribution < -0.4 is 5.76 Å². The molecule has 0 saturated carbocycles. The summed E-state index contributed by atoms with van der Waals surface area (Å²) < 4.78 is 10.4. The van der Waals surface area contributed by atoms with Gasteiger partial charge in [-0.1, -0.05) is 6.07 Å². The highest BCUT2D eigenvalue weighted by Crippen LogP contribution is 2.36. The molecule has 1 aromatic carbocycles. The second-order valence-corrected chi connectivity index (χ2v) is 5.09. The Kier molecular flexibility index (Phi) is 3.14. The van der Waals surface area contributed by atoms with E-state index in [1.165, 1.54) is 0 Å². The van der Waals surface area contributed by atoms with Crippen molar-refractivity contribution in [1.29, 1.82) is 0 Å². The summed E-state index contributed by atoms with van der Waals surface area (Å²) in [6.07, 6.45) is 1.95. The zero-order valence-corrected chi connectivity index (χ0v) is 10.6. The van der Waals surface area contributed by atoms with Gasteiger partial charge < -0.3 is 9.15 Å². The van der Waals surface area contributed by atoms with Crippen LogP contribution in [-0.4, -0.2) is 18.2 Å². The summed E-state index contributed by atoms with van der Waals surface area (Å²) in [7, 11) is 0. The lowest BCUT2D eigenvalue weighted by Crippen LogP contribution is -2.19. The van der Waals surface area contributed by atoms with E-state index in [9.17, 15) is 4.79 Å². The first-order valence-electron chi connectivity index (χ1n) is 6.08. The van der Waals surface area contributed by atoms with E-state index in [0.29, 0.717) is 17.0 Å². The normalized spacial score (nSPS) is 19.2. The molecule has 1 aromatic heterocycles. The van der Waals surface area contributed by atoms with Gasteiger partial charge in [0.1, 0.15) is 0 Å². The highest BCUT2D eigenvalue weighted by atomic mass is 35.5. The van der Waals surface area contributed by atoms with Crippen LogP contribution in [-0.2, 0) is 4.74 Å². The van der Waals surface area contributed by atoms with Crippen LogP contribution in [0, 0.1) is 5.92 Å². The summed E-state index contributed by atoms with van der Waals surface area (Å²) in [5, 5.41) is -0.0569. The van der Waals surface area contributed by atoms with E-state index >= 15 is 0 Å². The van der Waals surface area contributed by atoms with Gasteiger partial charge in [0.2, 0.25) is 0 Å². The molecule has 1 aliphatic rings. The van der Waals surface area contributed by atoms with Crippen molar-refractivity contribution >= 4 is 22.7 Å². The summed E-state index contributed by atoms with van der Waals surface area (Å²) in [6.45, 7) is 1.55. The van der Waals surface area contributed by atoms with Crippen LogP contribution in [0.3, 0.4) is 0 Å². The first-order valence-corrected chi connectivity index (χ1v) is 6.52. The number of H-pyrrole nitrogens is 1. The molecule has 1 aliphatic heterocycles. The second kappa shape index (κ2) is 4.78. The van der Waals surface area contributed by atoms with Gasteiger partial charge in [-0.15, -0.1) is 11.6 Å². The molecule has 1 saturated heterocycles. The zero-order chi connectivity index (χ0) is 12.5. The predicted octanol–water partition coefficient (Wildman–Crippen LogP) is 2.83. The Bertz CT molecular complexity index is 598. The molecule has 0 amide bonds. The molecule has 4 nitrogen and oxygen atoms in total. The Hall–Kier alpha value is -1.26. The molecule has 1 unspecified atom stereocenters. The molecular weight excluding hydrogens is 254 g/mol. The number of aromatic amines is 1. The van der Waals surface area contributed by atoms with Crippen LogP contribution in [0.2, 0.25) is 0 Å². The lowest BCUT2D eigenvalue weighted by Gasteiger charge is -2.26. The van der Waals surface area contributed by atoms with Gasteiger partial charge in [-0.3, -0.25) is 4.98 Å². The smallest absolute Gasteiger partial charge is 0.408 e. The van der Waals surface area contributed by atoms with Gasteiger partial charge in [-0.05, 0) is 36.5 Å². The number of hydrogen-bond acceptors (Lipinski definition) is 3. The third kappa shape index (κ3) is 2.18. The Labute approximate surface area is 109 Å². The van der Waals surface area contributed by atoms with E-state index in [4.69, 9.17) is 20.8 Å². The molecule has 1 atom stereocenters. The first-order chi connectivity index (χ1) is 8.74. The number of rotatable bonds is 2. The maximum Gasteiger partial charge on any atom is 0.417 e. The van der Waals surface area contributed by atoms with Crippen LogP contribution in [0.5, 0.6) is 0 Å². The van der Waals surface area contributed by atoms with E-state index < -0.39 is 5.76 Å². The summed E-state index contributed by atoms with van der Waals surface area (Å²) in [4.78, 5) is 13.7. The van der Waals surface area contributed by atoms with Crippen molar-refractivity contribution in [2.75, 3.05) is 13.2 Å². The topological polar surface area (TPSA) is 55.2 Å². The highest BCUT2D eigenvalue weighted by molar-refractivity contribution is 6.21. The molecule has 3 rings (SSSR count). The lowest BCUT2D eigenvalue weighted by atomic mass is 9.92. The molecule has 0 aliphatic carbocycles. The van der Waals surface area contributed by atoms with Crippen molar-refractivity contribution in [1.82, 2.24) is 4.98 Å². The fraction of sp³-hybridized carbons (Fsp3) is 0.462. The van der Waals surface area contributed by atoms with E-state index in [2.05, 4.69) is 4.98 Å². The second-order valence-electron chi connectivity index (χ2n) is 4.62. The minimum Gasteiger partial charge on any atom is -0.408 e. The summed E-state index contributed by atoms with van der Waals surface area (Å²) in [6, 6.07) is 5.63.